The lowest BCUT2D eigenvalue weighted by atomic mass is 9.83. The molecule has 4 nitrogen and oxygen atoms in total. The summed E-state index contributed by atoms with van der Waals surface area (Å²) < 4.78 is 20.4. The quantitative estimate of drug-likeness (QED) is 0.332. The van der Waals surface area contributed by atoms with Crippen molar-refractivity contribution in [3.05, 3.63) is 64.5 Å². The molecule has 1 heterocycles. The highest BCUT2D eigenvalue weighted by Gasteiger charge is 2.47. The van der Waals surface area contributed by atoms with E-state index in [4.69, 9.17) is 4.43 Å². The maximum absolute atomic E-state index is 13.3. The molecule has 3 rings (SSSR count). The summed E-state index contributed by atoms with van der Waals surface area (Å²) in [5, 5.41) is 22.6. The first kappa shape index (κ1) is 29.8. The van der Waals surface area contributed by atoms with Crippen molar-refractivity contribution in [3.8, 4) is 5.75 Å². The number of likely N-dealkylation sites (tertiary alicyclic amines) is 1. The maximum atomic E-state index is 13.3. The third kappa shape index (κ3) is 5.98. The van der Waals surface area contributed by atoms with E-state index < -0.39 is 20.0 Å². The molecule has 0 aromatic heterocycles. The van der Waals surface area contributed by atoms with E-state index in [0.717, 1.165) is 28.0 Å². The highest BCUT2D eigenvalue weighted by molar-refractivity contribution is 6.78. The second kappa shape index (κ2) is 11.6. The minimum atomic E-state index is -2.08. The Hall–Kier alpha value is -1.73. The first-order chi connectivity index (χ1) is 17.2. The second-order valence-electron chi connectivity index (χ2n) is 12.2. The van der Waals surface area contributed by atoms with Crippen molar-refractivity contribution in [2.45, 2.75) is 110 Å². The van der Waals surface area contributed by atoms with Crippen LogP contribution in [-0.2, 0) is 5.60 Å². The molecule has 0 radical (unpaired) electrons. The van der Waals surface area contributed by atoms with Gasteiger partial charge in [0.05, 0.1) is 11.7 Å². The van der Waals surface area contributed by atoms with Gasteiger partial charge in [0.15, 0.2) is 0 Å². The summed E-state index contributed by atoms with van der Waals surface area (Å²) in [7, 11) is -2.08. The molecule has 1 aliphatic rings. The Morgan fingerprint density at radius 1 is 0.865 bits per heavy atom. The largest absolute Gasteiger partial charge is 0.542 e. The topological polar surface area (TPSA) is 52.9 Å². The summed E-state index contributed by atoms with van der Waals surface area (Å²) in [6.45, 7) is 21.3. The highest BCUT2D eigenvalue weighted by Crippen LogP contribution is 2.44. The van der Waals surface area contributed by atoms with Crippen molar-refractivity contribution in [2.24, 2.45) is 0 Å². The van der Waals surface area contributed by atoms with E-state index in [1.165, 1.54) is 12.1 Å². The standard InChI is InChI=1S/C31H48FNO3Si/c1-20(2)37(21(3)4,22(5)6)36-30-23(7)18-26(19-24(30)8)29(34)25(9)33-16-14-31(35,15-17-33)27-10-12-28(32)13-11-27/h10-13,18-22,25,29,34-35H,14-17H2,1-9H3. The third-order valence-electron chi connectivity index (χ3n) is 8.85. The number of hydrogen-bond donors (Lipinski definition) is 2. The molecule has 2 N–H and O–H groups in total. The molecule has 2 unspecified atom stereocenters. The van der Waals surface area contributed by atoms with Gasteiger partial charge in [0.1, 0.15) is 11.6 Å². The summed E-state index contributed by atoms with van der Waals surface area (Å²) in [6, 6.07) is 10.2. The zero-order valence-electron chi connectivity index (χ0n) is 24.3. The molecule has 1 fully saturated rings. The van der Waals surface area contributed by atoms with Gasteiger partial charge in [-0.25, -0.2) is 4.39 Å². The van der Waals surface area contributed by atoms with Gasteiger partial charge >= 0.3 is 0 Å². The molecule has 0 bridgehead atoms. The number of nitrogens with zero attached hydrogens (tertiary/aromatic N) is 1. The van der Waals surface area contributed by atoms with Crippen LogP contribution >= 0.6 is 0 Å². The van der Waals surface area contributed by atoms with Crippen molar-refractivity contribution in [3.63, 3.8) is 0 Å². The molecule has 0 spiro atoms. The monoisotopic (exact) mass is 529 g/mol. The number of halogens is 1. The van der Waals surface area contributed by atoms with Gasteiger partial charge in [-0.3, -0.25) is 4.90 Å². The molecule has 2 atom stereocenters. The molecule has 37 heavy (non-hydrogen) atoms. The average molecular weight is 530 g/mol. The molecule has 2 aromatic carbocycles. The average Bonchev–Trinajstić information content (AvgIpc) is 2.82. The van der Waals surface area contributed by atoms with E-state index in [0.29, 0.717) is 42.6 Å². The minimum Gasteiger partial charge on any atom is -0.542 e. The summed E-state index contributed by atoms with van der Waals surface area (Å²) in [6.07, 6.45) is 0.449. The predicted molar refractivity (Wildman–Crippen MR) is 153 cm³/mol. The Morgan fingerprint density at radius 3 is 1.76 bits per heavy atom. The fourth-order valence-electron chi connectivity index (χ4n) is 6.67. The Labute approximate surface area is 225 Å². The zero-order valence-corrected chi connectivity index (χ0v) is 25.3. The van der Waals surface area contributed by atoms with Crippen molar-refractivity contribution >= 4 is 8.32 Å². The van der Waals surface area contributed by atoms with E-state index in [1.807, 2.05) is 0 Å². The Bertz CT molecular complexity index is 1000. The minimum absolute atomic E-state index is 0.0983. The van der Waals surface area contributed by atoms with Gasteiger partial charge in [0, 0.05) is 19.1 Å². The summed E-state index contributed by atoms with van der Waals surface area (Å²) in [4.78, 5) is 2.24. The predicted octanol–water partition coefficient (Wildman–Crippen LogP) is 7.40. The van der Waals surface area contributed by atoms with Gasteiger partial charge in [-0.05, 0) is 96.8 Å². The van der Waals surface area contributed by atoms with Gasteiger partial charge in [0.25, 0.3) is 8.32 Å². The number of aliphatic hydroxyl groups is 2. The first-order valence-corrected chi connectivity index (χ1v) is 16.1. The number of piperidine rings is 1. The molecule has 0 saturated carbocycles. The molecular weight excluding hydrogens is 481 g/mol. The van der Waals surface area contributed by atoms with E-state index in [2.05, 4.69) is 79.3 Å². The normalized spacial score (nSPS) is 18.5. The Kier molecular flexibility index (Phi) is 9.32. The van der Waals surface area contributed by atoms with Crippen molar-refractivity contribution in [2.75, 3.05) is 13.1 Å². The van der Waals surface area contributed by atoms with Crippen molar-refractivity contribution in [1.29, 1.82) is 0 Å². The summed E-state index contributed by atoms with van der Waals surface area (Å²) in [5.74, 6) is 0.683. The zero-order chi connectivity index (χ0) is 27.7. The molecular formula is C31H48FNO3Si. The van der Waals surface area contributed by atoms with Gasteiger partial charge in [0.2, 0.25) is 0 Å². The van der Waals surface area contributed by atoms with E-state index in [-0.39, 0.29) is 11.9 Å². The molecule has 206 valence electrons. The molecule has 1 saturated heterocycles. The number of rotatable bonds is 9. The highest BCUT2D eigenvalue weighted by atomic mass is 28.4. The van der Waals surface area contributed by atoms with Crippen LogP contribution in [0.25, 0.3) is 0 Å². The second-order valence-corrected chi connectivity index (χ2v) is 17.5. The van der Waals surface area contributed by atoms with Gasteiger partial charge < -0.3 is 14.6 Å². The summed E-state index contributed by atoms with van der Waals surface area (Å²) in [5.41, 5.74) is 4.32. The number of aliphatic hydroxyl groups excluding tert-OH is 1. The third-order valence-corrected chi connectivity index (χ3v) is 14.8. The Balaban J connectivity index is 1.76. The fourth-order valence-corrected chi connectivity index (χ4v) is 12.1. The van der Waals surface area contributed by atoms with Crippen LogP contribution < -0.4 is 4.43 Å². The van der Waals surface area contributed by atoms with Crippen LogP contribution in [0.2, 0.25) is 16.6 Å². The van der Waals surface area contributed by atoms with Crippen LogP contribution in [0.5, 0.6) is 5.75 Å². The van der Waals surface area contributed by atoms with Crippen LogP contribution in [0.15, 0.2) is 36.4 Å². The van der Waals surface area contributed by atoms with Crippen LogP contribution in [0.1, 0.15) is 89.7 Å². The lowest BCUT2D eigenvalue weighted by molar-refractivity contribution is -0.0502. The van der Waals surface area contributed by atoms with Crippen LogP contribution in [-0.4, -0.2) is 42.6 Å². The lowest BCUT2D eigenvalue weighted by Crippen LogP contribution is -2.51. The SMILES string of the molecule is Cc1cc(C(O)C(C)N2CCC(O)(c3ccc(F)cc3)CC2)cc(C)c1O[Si](C(C)C)(C(C)C)C(C)C. The maximum Gasteiger partial charge on any atom is 0.258 e. The van der Waals surface area contributed by atoms with Crippen molar-refractivity contribution < 1.29 is 19.0 Å². The molecule has 0 amide bonds. The molecule has 1 aliphatic heterocycles. The van der Waals surface area contributed by atoms with E-state index >= 15 is 0 Å². The van der Waals surface area contributed by atoms with Crippen LogP contribution in [0, 0.1) is 19.7 Å². The van der Waals surface area contributed by atoms with Gasteiger partial charge in [-0.1, -0.05) is 53.7 Å². The van der Waals surface area contributed by atoms with E-state index in [1.54, 1.807) is 12.1 Å². The Morgan fingerprint density at radius 2 is 1.32 bits per heavy atom. The van der Waals surface area contributed by atoms with Crippen molar-refractivity contribution in [1.82, 2.24) is 4.90 Å². The van der Waals surface area contributed by atoms with Crippen LogP contribution in [0.3, 0.4) is 0 Å². The number of aryl methyl sites for hydroxylation is 2. The van der Waals surface area contributed by atoms with Gasteiger partial charge in [-0.2, -0.15) is 0 Å². The number of benzene rings is 2. The first-order valence-electron chi connectivity index (χ1n) is 13.9. The molecule has 0 aliphatic carbocycles. The number of hydrogen-bond acceptors (Lipinski definition) is 4. The summed E-state index contributed by atoms with van der Waals surface area (Å²) >= 11 is 0. The van der Waals surface area contributed by atoms with Crippen LogP contribution in [0.4, 0.5) is 4.39 Å². The molecule has 6 heteroatoms. The van der Waals surface area contributed by atoms with E-state index in [9.17, 15) is 14.6 Å². The smallest absolute Gasteiger partial charge is 0.258 e. The lowest BCUT2D eigenvalue weighted by Gasteiger charge is -2.43. The van der Waals surface area contributed by atoms with Gasteiger partial charge in [-0.15, -0.1) is 0 Å². The fraction of sp³-hybridized carbons (Fsp3) is 0.613. The molecule has 2 aromatic rings.